The number of rotatable bonds is 12. The molecular formula is C119H254O2S. The second-order valence-corrected chi connectivity index (χ2v) is 41.9. The molecule has 0 amide bonds. The molecule has 0 N–H and O–H groups in total. The molecule has 2 bridgehead atoms. The molecular weight excluding hydrogens is 1490 g/mol. The quantitative estimate of drug-likeness (QED) is 0.143. The minimum atomic E-state index is 0.810. The van der Waals surface area contributed by atoms with Crippen LogP contribution in [0, 0.1) is 160 Å². The summed E-state index contributed by atoms with van der Waals surface area (Å²) < 4.78 is 10.6. The normalized spacial score (nSPS) is 23.5. The lowest BCUT2D eigenvalue weighted by molar-refractivity contribution is 0.0373. The van der Waals surface area contributed by atoms with E-state index in [9.17, 15) is 0 Å². The maximum atomic E-state index is 5.34. The van der Waals surface area contributed by atoms with Gasteiger partial charge in [-0.15, -0.1) is 0 Å². The number of ether oxygens (including phenoxy) is 2. The fourth-order valence-electron chi connectivity index (χ4n) is 19.0. The van der Waals surface area contributed by atoms with Gasteiger partial charge in [0.15, 0.2) is 0 Å². The van der Waals surface area contributed by atoms with Crippen molar-refractivity contribution in [2.45, 2.75) is 562 Å². The average molecular weight is 1750 g/mol. The van der Waals surface area contributed by atoms with Crippen LogP contribution in [-0.2, 0) is 9.47 Å². The fourth-order valence-corrected chi connectivity index (χ4v) is 20.2. The number of fused-ring (bicyclic) bond motifs is 3. The van der Waals surface area contributed by atoms with Crippen molar-refractivity contribution in [3.8, 4) is 0 Å². The van der Waals surface area contributed by atoms with Gasteiger partial charge in [0.25, 0.3) is 0 Å². The highest BCUT2D eigenvalue weighted by Gasteiger charge is 2.41. The molecule has 13 aliphatic rings. The van der Waals surface area contributed by atoms with Crippen molar-refractivity contribution in [3.05, 3.63) is 12.2 Å². The van der Waals surface area contributed by atoms with Crippen LogP contribution in [0.15, 0.2) is 12.2 Å². The van der Waals surface area contributed by atoms with Crippen molar-refractivity contribution < 1.29 is 9.47 Å². The highest BCUT2D eigenvalue weighted by molar-refractivity contribution is 7.99. The van der Waals surface area contributed by atoms with Crippen molar-refractivity contribution in [2.75, 3.05) is 37.9 Å². The monoisotopic (exact) mass is 1750 g/mol. The summed E-state index contributed by atoms with van der Waals surface area (Å²) >= 11 is 2.12. The van der Waals surface area contributed by atoms with Crippen LogP contribution in [0.5, 0.6) is 0 Å². The van der Waals surface area contributed by atoms with Crippen LogP contribution >= 0.6 is 11.8 Å². The van der Waals surface area contributed by atoms with Crippen LogP contribution < -0.4 is 0 Å². The van der Waals surface area contributed by atoms with Gasteiger partial charge >= 0.3 is 0 Å². The predicted octanol–water partition coefficient (Wildman–Crippen LogP) is 42.9. The average Bonchev–Trinajstić information content (AvgIpc) is 1.68. The van der Waals surface area contributed by atoms with E-state index in [1.807, 2.05) is 138 Å². The van der Waals surface area contributed by atoms with Crippen molar-refractivity contribution in [1.29, 1.82) is 0 Å². The molecule has 0 aromatic rings. The van der Waals surface area contributed by atoms with E-state index in [1.54, 1.807) is 51.4 Å². The Morgan fingerprint density at radius 2 is 0.541 bits per heavy atom. The Labute approximate surface area is 788 Å². The van der Waals surface area contributed by atoms with Gasteiger partial charge in [-0.2, -0.15) is 11.8 Å². The zero-order chi connectivity index (χ0) is 95.9. The number of allylic oxidation sites excluding steroid dienone is 2. The van der Waals surface area contributed by atoms with Crippen LogP contribution in [0.1, 0.15) is 562 Å². The number of thioether (sulfide) groups is 1. The maximum absolute atomic E-state index is 5.34. The smallest absolute Gasteiger partial charge is 0.0496 e. The summed E-state index contributed by atoms with van der Waals surface area (Å²) in [6, 6.07) is 0. The molecule has 122 heavy (non-hydrogen) atoms. The summed E-state index contributed by atoms with van der Waals surface area (Å²) in [5.74, 6) is 29.6. The maximum Gasteiger partial charge on any atom is 0.0496 e. The fraction of sp³-hybridized carbons (Fsp3) is 0.983. The molecule has 5 unspecified atom stereocenters. The van der Waals surface area contributed by atoms with Crippen molar-refractivity contribution in [2.24, 2.45) is 160 Å². The van der Waals surface area contributed by atoms with E-state index in [-0.39, 0.29) is 0 Å². The van der Waals surface area contributed by atoms with Gasteiger partial charge in [0.05, 0.1) is 0 Å². The van der Waals surface area contributed by atoms with Crippen molar-refractivity contribution in [3.63, 3.8) is 0 Å². The Balaban J connectivity index is -0.000000160. The second-order valence-electron chi connectivity index (χ2n) is 40.7. The molecule has 0 spiro atoms. The standard InChI is InChI=1S/C11H20.C10H18.C10H20.C9H18.C9H16.2C8H16O.C8H16S.C8H16.C7H14.C6H12.C5H12.10C2H6/c1-8(2)11-6-9-4-3-5-10(9)7-11;1-7(2)10-6-8-3-4-9(10)5-8;1-9(2)10-7-5-3-4-6-8-10;2*1-8(2)9-6-4-3-5-7-9;1-7(2)8-3-5-9-6-4-8;1-7(2)8-4-3-5-9-6-8;1-7(2)8-3-5-9-6-4-8;1-7(2)8-5-3-4-6-8;1-6(2)7-4-3-5-7;1-5(2)6-3-4-6;1-4-5(2)3;10*1-2/h8-11H,3-7H2,1-2H3;7-10H,3-6H2,1-2H3;9-10H,3-8H2,1-2H3;8-9H,3-7H2,1-2H3;3-4,8-9H,5-7H2,1-2H3;3*7-8H,3-6H2,1-2H3;7-8H,3-6H2,1-2H3;6-7H,3-5H2,1-2H3;5-6H,3-4H2,1-2H3;5H,4H2,1-3H3;10*1-2H3/t;8-,9+,10?;;;;;;;;;;;;;;;;;;;;/m.1..................../s1. The summed E-state index contributed by atoms with van der Waals surface area (Å²) in [5.41, 5.74) is 0. The van der Waals surface area contributed by atoms with E-state index in [4.69, 9.17) is 9.47 Å². The van der Waals surface area contributed by atoms with Crippen molar-refractivity contribution >= 4 is 11.8 Å². The van der Waals surface area contributed by atoms with Crippen molar-refractivity contribution in [1.82, 2.24) is 0 Å². The molecule has 748 valence electrons. The number of hydrogen-bond acceptors (Lipinski definition) is 3. The van der Waals surface area contributed by atoms with Gasteiger partial charge in [0.1, 0.15) is 0 Å². The van der Waals surface area contributed by atoms with E-state index in [1.165, 1.54) is 211 Å². The number of hydrogen-bond donors (Lipinski definition) is 0. The van der Waals surface area contributed by atoms with Gasteiger partial charge in [0.2, 0.25) is 0 Å². The molecule has 3 saturated heterocycles. The predicted molar refractivity (Wildman–Crippen MR) is 578 cm³/mol. The molecule has 9 saturated carbocycles. The van der Waals surface area contributed by atoms with Gasteiger partial charge in [-0.05, 0) is 274 Å². The molecule has 3 aliphatic heterocycles. The highest BCUT2D eigenvalue weighted by Crippen LogP contribution is 2.51. The van der Waals surface area contributed by atoms with E-state index in [2.05, 4.69) is 197 Å². The highest BCUT2D eigenvalue weighted by atomic mass is 32.2. The summed E-state index contributed by atoms with van der Waals surface area (Å²) in [4.78, 5) is 0. The molecule has 13 rings (SSSR count). The van der Waals surface area contributed by atoms with Gasteiger partial charge in [0, 0.05) is 26.4 Å². The molecule has 7 atom stereocenters. The summed E-state index contributed by atoms with van der Waals surface area (Å²) in [6.07, 6.45) is 61.9. The first-order valence-corrected chi connectivity index (χ1v) is 58.1. The van der Waals surface area contributed by atoms with Crippen LogP contribution in [-0.4, -0.2) is 37.9 Å². The Kier molecular flexibility index (Phi) is 116. The first kappa shape index (κ1) is 140. The molecule has 0 aromatic heterocycles. The molecule has 0 radical (unpaired) electrons. The summed E-state index contributed by atoms with van der Waals surface area (Å²) in [6.45, 7) is 102. The lowest BCUT2D eigenvalue weighted by Crippen LogP contribution is -2.21. The first-order chi connectivity index (χ1) is 58.6. The minimum Gasteiger partial charge on any atom is -0.381 e. The topological polar surface area (TPSA) is 18.5 Å². The Bertz CT molecular complexity index is 1740. The van der Waals surface area contributed by atoms with Crippen LogP contribution in [0.3, 0.4) is 0 Å². The molecule has 2 nitrogen and oxygen atoms in total. The first-order valence-electron chi connectivity index (χ1n) is 56.9. The van der Waals surface area contributed by atoms with Crippen LogP contribution in [0.4, 0.5) is 0 Å². The van der Waals surface area contributed by atoms with E-state index < -0.39 is 0 Å². The summed E-state index contributed by atoms with van der Waals surface area (Å²) in [5, 5.41) is 0. The lowest BCUT2D eigenvalue weighted by Gasteiger charge is -2.28. The van der Waals surface area contributed by atoms with E-state index in [0.717, 1.165) is 186 Å². The van der Waals surface area contributed by atoms with Gasteiger partial charge in [-0.25, -0.2) is 0 Å². The van der Waals surface area contributed by atoms with Gasteiger partial charge in [-0.1, -0.05) is 471 Å². The minimum absolute atomic E-state index is 0.810. The Morgan fingerprint density at radius 3 is 0.754 bits per heavy atom. The van der Waals surface area contributed by atoms with Crippen LogP contribution in [0.2, 0.25) is 0 Å². The third kappa shape index (κ3) is 79.7. The molecule has 10 aliphatic carbocycles. The zero-order valence-electron chi connectivity index (χ0n) is 94.8. The second kappa shape index (κ2) is 102. The van der Waals surface area contributed by atoms with E-state index in [0.29, 0.717) is 0 Å². The summed E-state index contributed by atoms with van der Waals surface area (Å²) in [7, 11) is 0. The lowest BCUT2D eigenvalue weighted by atomic mass is 9.78. The molecule has 12 fully saturated rings. The largest absolute Gasteiger partial charge is 0.381 e. The Hall–Kier alpha value is 0.0100. The van der Waals surface area contributed by atoms with Crippen LogP contribution in [0.25, 0.3) is 0 Å². The van der Waals surface area contributed by atoms with Gasteiger partial charge in [-0.3, -0.25) is 0 Å². The van der Waals surface area contributed by atoms with E-state index >= 15 is 0 Å². The third-order valence-electron chi connectivity index (χ3n) is 28.7. The molecule has 3 heteroatoms. The molecule has 3 heterocycles. The van der Waals surface area contributed by atoms with Gasteiger partial charge < -0.3 is 9.47 Å². The zero-order valence-corrected chi connectivity index (χ0v) is 95.6. The third-order valence-corrected chi connectivity index (χ3v) is 29.7. The SMILES string of the molecule is CC.CC.CC.CC.CC.CC.CC.CC.CC.CC.CC(C)C1CC1.CC(C)C1CC2CCCC2C1.CC(C)C1CC=CCC1.CC(C)C1CCC1.CC(C)C1CCCC1.CC(C)C1CCCCC1.CC(C)C1CCCCCC1.CC(C)C1CCCOC1.CC(C)C1CCOCC1.CC(C)C1CCSCC1.CC(C)C1C[C@@H]2CC[C@H]1C2.CCC(C)C. The Morgan fingerprint density at radius 1 is 0.238 bits per heavy atom. The molecule has 0 aromatic carbocycles.